The first-order chi connectivity index (χ1) is 5.36. The predicted octanol–water partition coefficient (Wildman–Crippen LogP) is 2.58. The highest BCUT2D eigenvalue weighted by Crippen LogP contribution is 2.03. The van der Waals surface area contributed by atoms with Gasteiger partial charge >= 0.3 is 0 Å². The maximum Gasteiger partial charge on any atom is 0.0530 e. The van der Waals surface area contributed by atoms with Crippen LogP contribution < -0.4 is 0 Å². The molecular weight excluding hydrogens is 204 g/mol. The van der Waals surface area contributed by atoms with Crippen molar-refractivity contribution >= 4 is 15.9 Å². The molecule has 0 aliphatic heterocycles. The zero-order chi connectivity index (χ0) is 8.10. The summed E-state index contributed by atoms with van der Waals surface area (Å²) in [5.74, 6) is 0. The molecule has 0 atom stereocenters. The molecule has 62 valence electrons. The van der Waals surface area contributed by atoms with Crippen LogP contribution in [0.1, 0.15) is 25.3 Å². The summed E-state index contributed by atoms with van der Waals surface area (Å²) in [7, 11) is 0. The van der Waals surface area contributed by atoms with Crippen LogP contribution in [0.15, 0.2) is 12.4 Å². The SMILES string of the molecule is CCCCn1cc(CBr)cn1. The summed E-state index contributed by atoms with van der Waals surface area (Å²) in [6.07, 6.45) is 6.43. The van der Waals surface area contributed by atoms with E-state index < -0.39 is 0 Å². The van der Waals surface area contributed by atoms with E-state index in [-0.39, 0.29) is 0 Å². The lowest BCUT2D eigenvalue weighted by Crippen LogP contribution is -1.96. The van der Waals surface area contributed by atoms with Crippen LogP contribution in [-0.4, -0.2) is 9.78 Å². The Kier molecular flexibility index (Phi) is 3.63. The average Bonchev–Trinajstić information content (AvgIpc) is 2.48. The lowest BCUT2D eigenvalue weighted by atomic mass is 10.3. The predicted molar refractivity (Wildman–Crippen MR) is 49.8 cm³/mol. The lowest BCUT2D eigenvalue weighted by Gasteiger charge is -1.96. The molecule has 0 fully saturated rings. The van der Waals surface area contributed by atoms with Crippen LogP contribution in [0, 0.1) is 0 Å². The Hall–Kier alpha value is -0.310. The topological polar surface area (TPSA) is 17.8 Å². The maximum atomic E-state index is 4.21. The van der Waals surface area contributed by atoms with Crippen molar-refractivity contribution in [2.24, 2.45) is 0 Å². The van der Waals surface area contributed by atoms with Crippen molar-refractivity contribution in [2.45, 2.75) is 31.6 Å². The highest BCUT2D eigenvalue weighted by atomic mass is 79.9. The number of halogens is 1. The smallest absolute Gasteiger partial charge is 0.0530 e. The number of unbranched alkanes of at least 4 members (excludes halogenated alkanes) is 1. The third-order valence-corrected chi connectivity index (χ3v) is 2.23. The second-order valence-electron chi connectivity index (χ2n) is 2.60. The number of nitrogens with zero attached hydrogens (tertiary/aromatic N) is 2. The molecule has 11 heavy (non-hydrogen) atoms. The molecular formula is C8H13BrN2. The Morgan fingerprint density at radius 3 is 3.00 bits per heavy atom. The van der Waals surface area contributed by atoms with Crippen LogP contribution in [0.2, 0.25) is 0 Å². The zero-order valence-corrected chi connectivity index (χ0v) is 8.34. The molecule has 2 nitrogen and oxygen atoms in total. The summed E-state index contributed by atoms with van der Waals surface area (Å²) < 4.78 is 2.00. The molecule has 1 aromatic heterocycles. The van der Waals surface area contributed by atoms with Crippen LogP contribution in [0.4, 0.5) is 0 Å². The van der Waals surface area contributed by atoms with Crippen LogP contribution in [0.3, 0.4) is 0 Å². The van der Waals surface area contributed by atoms with E-state index in [2.05, 4.69) is 34.1 Å². The summed E-state index contributed by atoms with van der Waals surface area (Å²) in [5.41, 5.74) is 1.25. The quantitative estimate of drug-likeness (QED) is 0.708. The van der Waals surface area contributed by atoms with Gasteiger partial charge < -0.3 is 0 Å². The van der Waals surface area contributed by atoms with Gasteiger partial charge in [0.25, 0.3) is 0 Å². The third kappa shape index (κ3) is 2.66. The first-order valence-corrected chi connectivity index (χ1v) is 5.06. The number of rotatable bonds is 4. The van der Waals surface area contributed by atoms with Crippen LogP contribution in [-0.2, 0) is 11.9 Å². The second kappa shape index (κ2) is 4.54. The van der Waals surface area contributed by atoms with Gasteiger partial charge in [0.15, 0.2) is 0 Å². The molecule has 0 spiro atoms. The fourth-order valence-electron chi connectivity index (χ4n) is 0.918. The van der Waals surface area contributed by atoms with Crippen molar-refractivity contribution in [3.63, 3.8) is 0 Å². The molecule has 0 bridgehead atoms. The molecule has 0 saturated heterocycles. The molecule has 0 saturated carbocycles. The molecule has 1 aromatic rings. The highest BCUT2D eigenvalue weighted by molar-refractivity contribution is 9.08. The van der Waals surface area contributed by atoms with E-state index in [1.54, 1.807) is 0 Å². The zero-order valence-electron chi connectivity index (χ0n) is 6.76. The van der Waals surface area contributed by atoms with Gasteiger partial charge in [0.2, 0.25) is 0 Å². The van der Waals surface area contributed by atoms with Crippen molar-refractivity contribution in [1.82, 2.24) is 9.78 Å². The minimum absolute atomic E-state index is 0.902. The number of hydrogen-bond donors (Lipinski definition) is 0. The molecule has 1 rings (SSSR count). The molecule has 3 heteroatoms. The number of aromatic nitrogens is 2. The van der Waals surface area contributed by atoms with Crippen molar-refractivity contribution in [1.29, 1.82) is 0 Å². The van der Waals surface area contributed by atoms with Crippen molar-refractivity contribution in [3.8, 4) is 0 Å². The molecule has 0 aliphatic rings. The first kappa shape index (κ1) is 8.78. The first-order valence-electron chi connectivity index (χ1n) is 3.94. The van der Waals surface area contributed by atoms with Gasteiger partial charge in [0, 0.05) is 23.6 Å². The minimum Gasteiger partial charge on any atom is -0.272 e. The summed E-state index contributed by atoms with van der Waals surface area (Å²) in [5, 5.41) is 5.11. The van der Waals surface area contributed by atoms with Gasteiger partial charge in [-0.2, -0.15) is 5.10 Å². The van der Waals surface area contributed by atoms with Gasteiger partial charge in [-0.1, -0.05) is 29.3 Å². The fourth-order valence-corrected chi connectivity index (χ4v) is 1.21. The van der Waals surface area contributed by atoms with Crippen molar-refractivity contribution < 1.29 is 0 Å². The van der Waals surface area contributed by atoms with Crippen LogP contribution in [0.5, 0.6) is 0 Å². The average molecular weight is 217 g/mol. The van der Waals surface area contributed by atoms with E-state index in [4.69, 9.17) is 0 Å². The standard InChI is InChI=1S/C8H13BrN2/c1-2-3-4-11-7-8(5-9)6-10-11/h6-7H,2-5H2,1H3. The summed E-state index contributed by atoms with van der Waals surface area (Å²) in [4.78, 5) is 0. The Balaban J connectivity index is 2.44. The van der Waals surface area contributed by atoms with Crippen LogP contribution in [0.25, 0.3) is 0 Å². The number of aryl methyl sites for hydroxylation is 1. The van der Waals surface area contributed by atoms with E-state index >= 15 is 0 Å². The Labute approximate surface area is 75.7 Å². The Bertz CT molecular complexity index is 208. The van der Waals surface area contributed by atoms with Crippen molar-refractivity contribution in [3.05, 3.63) is 18.0 Å². The van der Waals surface area contributed by atoms with Crippen LogP contribution >= 0.6 is 15.9 Å². The fraction of sp³-hybridized carbons (Fsp3) is 0.625. The van der Waals surface area contributed by atoms with Gasteiger partial charge in [-0.3, -0.25) is 4.68 Å². The maximum absolute atomic E-state index is 4.21. The molecule has 0 aliphatic carbocycles. The summed E-state index contributed by atoms with van der Waals surface area (Å²) in [6.45, 7) is 3.23. The van der Waals surface area contributed by atoms with Gasteiger partial charge in [0.1, 0.15) is 0 Å². The van der Waals surface area contributed by atoms with E-state index in [1.165, 1.54) is 18.4 Å². The van der Waals surface area contributed by atoms with E-state index in [0.29, 0.717) is 0 Å². The van der Waals surface area contributed by atoms with Crippen molar-refractivity contribution in [2.75, 3.05) is 0 Å². The Morgan fingerprint density at radius 1 is 1.64 bits per heavy atom. The molecule has 1 heterocycles. The molecule has 0 radical (unpaired) electrons. The van der Waals surface area contributed by atoms with Gasteiger partial charge in [-0.25, -0.2) is 0 Å². The lowest BCUT2D eigenvalue weighted by molar-refractivity contribution is 0.571. The van der Waals surface area contributed by atoms with E-state index in [0.717, 1.165) is 11.9 Å². The number of alkyl halides is 1. The summed E-state index contributed by atoms with van der Waals surface area (Å²) in [6, 6.07) is 0. The molecule has 0 aromatic carbocycles. The monoisotopic (exact) mass is 216 g/mol. The van der Waals surface area contributed by atoms with Gasteiger partial charge in [-0.15, -0.1) is 0 Å². The summed E-state index contributed by atoms with van der Waals surface area (Å²) >= 11 is 3.39. The normalized spacial score (nSPS) is 10.4. The van der Waals surface area contributed by atoms with Gasteiger partial charge in [-0.05, 0) is 6.42 Å². The third-order valence-electron chi connectivity index (χ3n) is 1.58. The molecule has 0 unspecified atom stereocenters. The second-order valence-corrected chi connectivity index (χ2v) is 3.16. The van der Waals surface area contributed by atoms with E-state index in [9.17, 15) is 0 Å². The largest absolute Gasteiger partial charge is 0.272 e. The highest BCUT2D eigenvalue weighted by Gasteiger charge is 1.94. The Morgan fingerprint density at radius 2 is 2.45 bits per heavy atom. The number of hydrogen-bond acceptors (Lipinski definition) is 1. The van der Waals surface area contributed by atoms with E-state index in [1.807, 2.05) is 10.9 Å². The van der Waals surface area contributed by atoms with Gasteiger partial charge in [0.05, 0.1) is 6.20 Å². The molecule has 0 amide bonds. The molecule has 0 N–H and O–H groups in total. The minimum atomic E-state index is 0.902.